The minimum absolute atomic E-state index is 0.231. The van der Waals surface area contributed by atoms with Gasteiger partial charge in [-0.25, -0.2) is 0 Å². The third-order valence-corrected chi connectivity index (χ3v) is 4.04. The van der Waals surface area contributed by atoms with E-state index >= 15 is 0 Å². The van der Waals surface area contributed by atoms with Crippen LogP contribution >= 0.6 is 11.6 Å². The molecular formula is C14H24ClN5. The van der Waals surface area contributed by atoms with Gasteiger partial charge in [0.1, 0.15) is 0 Å². The van der Waals surface area contributed by atoms with Crippen LogP contribution in [-0.4, -0.2) is 28.0 Å². The van der Waals surface area contributed by atoms with Crippen LogP contribution in [0.2, 0.25) is 5.28 Å². The van der Waals surface area contributed by atoms with Crippen LogP contribution in [0.4, 0.5) is 11.9 Å². The SMILES string of the molecule is CCCNc1nc(Cl)nc(NCC2(C)CCCCC2)n1. The predicted octanol–water partition coefficient (Wildman–Crippen LogP) is 3.73. The summed E-state index contributed by atoms with van der Waals surface area (Å²) in [5.41, 5.74) is 0.342. The van der Waals surface area contributed by atoms with Crippen LogP contribution in [0.15, 0.2) is 0 Å². The fraction of sp³-hybridized carbons (Fsp3) is 0.786. The fourth-order valence-corrected chi connectivity index (χ4v) is 2.78. The summed E-state index contributed by atoms with van der Waals surface area (Å²) in [7, 11) is 0. The molecule has 1 fully saturated rings. The number of aromatic nitrogens is 3. The summed E-state index contributed by atoms with van der Waals surface area (Å²) < 4.78 is 0. The molecule has 0 atom stereocenters. The molecule has 2 N–H and O–H groups in total. The summed E-state index contributed by atoms with van der Waals surface area (Å²) in [6, 6.07) is 0. The minimum atomic E-state index is 0.231. The Balaban J connectivity index is 1.96. The molecule has 6 heteroatoms. The van der Waals surface area contributed by atoms with Gasteiger partial charge in [-0.1, -0.05) is 33.1 Å². The van der Waals surface area contributed by atoms with Crippen molar-refractivity contribution in [3.63, 3.8) is 0 Å². The number of hydrogen-bond donors (Lipinski definition) is 2. The summed E-state index contributed by atoms with van der Waals surface area (Å²) in [6.07, 6.45) is 7.54. The Morgan fingerprint density at radius 2 is 1.70 bits per heavy atom. The van der Waals surface area contributed by atoms with Crippen molar-refractivity contribution in [3.05, 3.63) is 5.28 Å². The predicted molar refractivity (Wildman–Crippen MR) is 83.3 cm³/mol. The molecule has 0 saturated heterocycles. The Kier molecular flexibility index (Phi) is 5.40. The average Bonchev–Trinajstić information content (AvgIpc) is 2.43. The van der Waals surface area contributed by atoms with Gasteiger partial charge in [-0.2, -0.15) is 15.0 Å². The average molecular weight is 298 g/mol. The Morgan fingerprint density at radius 3 is 2.35 bits per heavy atom. The van der Waals surface area contributed by atoms with Gasteiger partial charge in [0, 0.05) is 13.1 Å². The molecule has 0 unspecified atom stereocenters. The van der Waals surface area contributed by atoms with Gasteiger partial charge in [-0.05, 0) is 36.3 Å². The third-order valence-electron chi connectivity index (χ3n) is 3.88. The molecule has 1 aromatic rings. The summed E-state index contributed by atoms with van der Waals surface area (Å²) in [5, 5.41) is 6.69. The molecule has 1 saturated carbocycles. The zero-order valence-electron chi connectivity index (χ0n) is 12.4. The van der Waals surface area contributed by atoms with Crippen molar-refractivity contribution in [3.8, 4) is 0 Å². The van der Waals surface area contributed by atoms with Crippen LogP contribution in [0.5, 0.6) is 0 Å². The number of nitrogens with one attached hydrogen (secondary N) is 2. The van der Waals surface area contributed by atoms with E-state index in [1.165, 1.54) is 32.1 Å². The maximum absolute atomic E-state index is 5.94. The van der Waals surface area contributed by atoms with E-state index < -0.39 is 0 Å². The summed E-state index contributed by atoms with van der Waals surface area (Å²) >= 11 is 5.94. The molecule has 0 amide bonds. The number of halogens is 1. The van der Waals surface area contributed by atoms with E-state index in [9.17, 15) is 0 Å². The van der Waals surface area contributed by atoms with E-state index in [1.54, 1.807) is 0 Å². The van der Waals surface area contributed by atoms with Gasteiger partial charge in [-0.15, -0.1) is 0 Å². The van der Waals surface area contributed by atoms with Crippen LogP contribution in [-0.2, 0) is 0 Å². The van der Waals surface area contributed by atoms with Crippen LogP contribution in [0.25, 0.3) is 0 Å². The van der Waals surface area contributed by atoms with Crippen LogP contribution in [0.1, 0.15) is 52.4 Å². The molecular weight excluding hydrogens is 274 g/mol. The lowest BCUT2D eigenvalue weighted by Crippen LogP contribution is -2.29. The molecule has 2 rings (SSSR count). The van der Waals surface area contributed by atoms with Crippen molar-refractivity contribution in [1.29, 1.82) is 0 Å². The fourth-order valence-electron chi connectivity index (χ4n) is 2.62. The lowest BCUT2D eigenvalue weighted by molar-refractivity contribution is 0.233. The van der Waals surface area contributed by atoms with Crippen molar-refractivity contribution < 1.29 is 0 Å². The first kappa shape index (κ1) is 15.3. The van der Waals surface area contributed by atoms with Crippen molar-refractivity contribution in [2.45, 2.75) is 52.4 Å². The van der Waals surface area contributed by atoms with Crippen LogP contribution in [0, 0.1) is 5.41 Å². The molecule has 112 valence electrons. The van der Waals surface area contributed by atoms with Gasteiger partial charge in [-0.3, -0.25) is 0 Å². The number of anilines is 2. The van der Waals surface area contributed by atoms with E-state index in [-0.39, 0.29) is 5.28 Å². The van der Waals surface area contributed by atoms with Gasteiger partial charge in [0.15, 0.2) is 0 Å². The van der Waals surface area contributed by atoms with Crippen molar-refractivity contribution in [2.75, 3.05) is 23.7 Å². The second-order valence-corrected chi connectivity index (χ2v) is 6.24. The molecule has 5 nitrogen and oxygen atoms in total. The molecule has 1 aliphatic rings. The number of hydrogen-bond acceptors (Lipinski definition) is 5. The lowest BCUT2D eigenvalue weighted by Gasteiger charge is -2.33. The smallest absolute Gasteiger partial charge is 0.228 e. The zero-order valence-corrected chi connectivity index (χ0v) is 13.1. The monoisotopic (exact) mass is 297 g/mol. The zero-order chi connectivity index (χ0) is 14.4. The highest BCUT2D eigenvalue weighted by Gasteiger charge is 2.26. The molecule has 0 aliphatic heterocycles. The molecule has 20 heavy (non-hydrogen) atoms. The van der Waals surface area contributed by atoms with Crippen molar-refractivity contribution >= 4 is 23.5 Å². The molecule has 1 heterocycles. The first-order valence-corrected chi connectivity index (χ1v) is 7.88. The van der Waals surface area contributed by atoms with Gasteiger partial charge >= 0.3 is 0 Å². The Hall–Kier alpha value is -1.10. The number of rotatable bonds is 6. The minimum Gasteiger partial charge on any atom is -0.354 e. The van der Waals surface area contributed by atoms with Crippen LogP contribution < -0.4 is 10.6 Å². The van der Waals surface area contributed by atoms with E-state index in [1.807, 2.05) is 0 Å². The van der Waals surface area contributed by atoms with Gasteiger partial charge in [0.2, 0.25) is 17.2 Å². The van der Waals surface area contributed by atoms with E-state index in [4.69, 9.17) is 11.6 Å². The summed E-state index contributed by atoms with van der Waals surface area (Å²) in [5.74, 6) is 1.11. The molecule has 1 aliphatic carbocycles. The van der Waals surface area contributed by atoms with Gasteiger partial charge in [0.05, 0.1) is 0 Å². The summed E-state index contributed by atoms with van der Waals surface area (Å²) in [6.45, 7) is 6.15. The number of nitrogens with zero attached hydrogens (tertiary/aromatic N) is 3. The Labute approximate surface area is 126 Å². The summed E-state index contributed by atoms with van der Waals surface area (Å²) in [4.78, 5) is 12.6. The topological polar surface area (TPSA) is 62.7 Å². The quantitative estimate of drug-likeness (QED) is 0.837. The van der Waals surface area contributed by atoms with Gasteiger partial charge in [0.25, 0.3) is 0 Å². The lowest BCUT2D eigenvalue weighted by atomic mass is 9.76. The maximum atomic E-state index is 5.94. The Morgan fingerprint density at radius 1 is 1.05 bits per heavy atom. The highest BCUT2D eigenvalue weighted by molar-refractivity contribution is 6.28. The standard InChI is InChI=1S/C14H24ClN5/c1-3-9-16-12-18-11(15)19-13(20-12)17-10-14(2)7-5-4-6-8-14/h3-10H2,1-2H3,(H2,16,17,18,19,20). The second kappa shape index (κ2) is 7.07. The van der Waals surface area contributed by atoms with Crippen LogP contribution in [0.3, 0.4) is 0 Å². The first-order chi connectivity index (χ1) is 9.61. The van der Waals surface area contributed by atoms with Crippen molar-refractivity contribution in [1.82, 2.24) is 15.0 Å². The molecule has 0 aromatic carbocycles. The largest absolute Gasteiger partial charge is 0.354 e. The Bertz CT molecular complexity index is 432. The molecule has 1 aromatic heterocycles. The normalized spacial score (nSPS) is 17.8. The highest BCUT2D eigenvalue weighted by atomic mass is 35.5. The first-order valence-electron chi connectivity index (χ1n) is 7.51. The van der Waals surface area contributed by atoms with E-state index in [0.717, 1.165) is 19.5 Å². The molecule has 0 spiro atoms. The highest BCUT2D eigenvalue weighted by Crippen LogP contribution is 2.35. The van der Waals surface area contributed by atoms with E-state index in [2.05, 4.69) is 39.4 Å². The van der Waals surface area contributed by atoms with Gasteiger partial charge < -0.3 is 10.6 Å². The third kappa shape index (κ3) is 4.47. The van der Waals surface area contributed by atoms with E-state index in [0.29, 0.717) is 17.3 Å². The maximum Gasteiger partial charge on any atom is 0.228 e. The second-order valence-electron chi connectivity index (χ2n) is 5.90. The van der Waals surface area contributed by atoms with Crippen molar-refractivity contribution in [2.24, 2.45) is 5.41 Å². The molecule has 0 radical (unpaired) electrons. The molecule has 0 bridgehead atoms.